The van der Waals surface area contributed by atoms with Gasteiger partial charge in [0.15, 0.2) is 16.8 Å². The van der Waals surface area contributed by atoms with E-state index in [1.165, 1.54) is 11.8 Å². The summed E-state index contributed by atoms with van der Waals surface area (Å²) < 4.78 is 28.8. The van der Waals surface area contributed by atoms with E-state index in [0.29, 0.717) is 17.0 Å². The maximum absolute atomic E-state index is 13.8. The van der Waals surface area contributed by atoms with Crippen LogP contribution in [0.1, 0.15) is 5.56 Å². The Kier molecular flexibility index (Phi) is 5.91. The molecule has 9 heteroatoms. The number of amides is 1. The van der Waals surface area contributed by atoms with Gasteiger partial charge in [-0.25, -0.2) is 8.78 Å². The van der Waals surface area contributed by atoms with E-state index in [1.54, 1.807) is 4.57 Å². The van der Waals surface area contributed by atoms with Gasteiger partial charge in [-0.2, -0.15) is 0 Å². The molecule has 2 aromatic carbocycles. The summed E-state index contributed by atoms with van der Waals surface area (Å²) >= 11 is 4.21. The molecule has 0 atom stereocenters. The number of hydrogen-bond donors (Lipinski definition) is 1. The van der Waals surface area contributed by atoms with Crippen LogP contribution in [0.5, 0.6) is 0 Å². The molecule has 5 nitrogen and oxygen atoms in total. The third kappa shape index (κ3) is 4.54. The highest BCUT2D eigenvalue weighted by atomic mass is 79.9. The van der Waals surface area contributed by atoms with E-state index in [0.717, 1.165) is 17.2 Å². The second-order valence-corrected chi connectivity index (χ2v) is 7.61. The predicted octanol–water partition coefficient (Wildman–Crippen LogP) is 4.56. The third-order valence-corrected chi connectivity index (χ3v) is 5.39. The zero-order chi connectivity index (χ0) is 19.6. The Bertz CT molecular complexity index is 969. The number of carbonyl (C=O) groups excluding carboxylic acids is 1. The van der Waals surface area contributed by atoms with Crippen LogP contribution in [0, 0.1) is 18.6 Å². The molecule has 0 aliphatic rings. The molecule has 1 heterocycles. The minimum atomic E-state index is -0.847. The van der Waals surface area contributed by atoms with Gasteiger partial charge in [-0.15, -0.1) is 10.2 Å². The van der Waals surface area contributed by atoms with Crippen molar-refractivity contribution in [2.45, 2.75) is 12.1 Å². The van der Waals surface area contributed by atoms with Gasteiger partial charge in [0.05, 0.1) is 11.4 Å². The number of nitrogens with one attached hydrogen (secondary N) is 1. The maximum Gasteiger partial charge on any atom is 0.234 e. The molecule has 0 aliphatic carbocycles. The van der Waals surface area contributed by atoms with Crippen molar-refractivity contribution in [1.29, 1.82) is 0 Å². The molecule has 1 aromatic heterocycles. The fraction of sp³-hybridized carbons (Fsp3) is 0.167. The van der Waals surface area contributed by atoms with E-state index in [-0.39, 0.29) is 15.9 Å². The molecule has 3 rings (SSSR count). The number of thioether (sulfide) groups is 1. The van der Waals surface area contributed by atoms with E-state index >= 15 is 0 Å². The van der Waals surface area contributed by atoms with Gasteiger partial charge in [-0.1, -0.05) is 41.6 Å². The lowest BCUT2D eigenvalue weighted by atomic mass is 10.1. The summed E-state index contributed by atoms with van der Waals surface area (Å²) in [4.78, 5) is 12.1. The monoisotopic (exact) mass is 452 g/mol. The van der Waals surface area contributed by atoms with Crippen LogP contribution in [-0.4, -0.2) is 26.4 Å². The molecule has 0 saturated carbocycles. The number of halogens is 3. The van der Waals surface area contributed by atoms with Gasteiger partial charge in [0, 0.05) is 23.2 Å². The second-order valence-electron chi connectivity index (χ2n) is 5.81. The molecular weight excluding hydrogens is 438 g/mol. The minimum absolute atomic E-state index is 0.00310. The summed E-state index contributed by atoms with van der Waals surface area (Å²) in [5, 5.41) is 11.3. The summed E-state index contributed by atoms with van der Waals surface area (Å²) in [6.07, 6.45) is 0. The molecule has 0 aliphatic heterocycles. The zero-order valence-electron chi connectivity index (χ0n) is 14.5. The fourth-order valence-electron chi connectivity index (χ4n) is 2.36. The van der Waals surface area contributed by atoms with E-state index in [9.17, 15) is 13.6 Å². The van der Waals surface area contributed by atoms with Gasteiger partial charge in [-0.05, 0) is 28.9 Å². The van der Waals surface area contributed by atoms with Crippen LogP contribution in [0.3, 0.4) is 0 Å². The predicted molar refractivity (Wildman–Crippen MR) is 105 cm³/mol. The first-order valence-corrected chi connectivity index (χ1v) is 9.66. The lowest BCUT2D eigenvalue weighted by Crippen LogP contribution is -2.16. The molecule has 3 aromatic rings. The first kappa shape index (κ1) is 19.5. The molecular formula is C18H15BrF2N4OS. The molecule has 140 valence electrons. The summed E-state index contributed by atoms with van der Waals surface area (Å²) in [5.74, 6) is -1.32. The van der Waals surface area contributed by atoms with Crippen molar-refractivity contribution in [3.63, 3.8) is 0 Å². The largest absolute Gasteiger partial charge is 0.322 e. The second kappa shape index (κ2) is 8.18. The Hall–Kier alpha value is -2.26. The number of nitrogens with zero attached hydrogens (tertiary/aromatic N) is 3. The van der Waals surface area contributed by atoms with E-state index < -0.39 is 17.5 Å². The molecule has 0 fully saturated rings. The van der Waals surface area contributed by atoms with E-state index in [4.69, 9.17) is 0 Å². The third-order valence-electron chi connectivity index (χ3n) is 3.75. The quantitative estimate of drug-likeness (QED) is 0.576. The molecule has 0 radical (unpaired) electrons. The van der Waals surface area contributed by atoms with E-state index in [2.05, 4.69) is 31.4 Å². The number of rotatable bonds is 5. The fourth-order valence-corrected chi connectivity index (χ4v) is 3.58. The first-order chi connectivity index (χ1) is 12.8. The standard InChI is InChI=1S/C18H15BrF2N4OS/c1-10-3-5-11(6-4-10)17-23-24-18(25(17)2)27-9-15(26)22-16-13(19)7-12(20)8-14(16)21/h3-8H,9H2,1-2H3,(H,22,26). The molecule has 0 bridgehead atoms. The zero-order valence-corrected chi connectivity index (χ0v) is 16.9. The number of anilines is 1. The van der Waals surface area contributed by atoms with Gasteiger partial charge in [-0.3, -0.25) is 4.79 Å². The van der Waals surface area contributed by atoms with Crippen molar-refractivity contribution in [2.75, 3.05) is 11.1 Å². The van der Waals surface area contributed by atoms with Crippen LogP contribution >= 0.6 is 27.7 Å². The van der Waals surface area contributed by atoms with Gasteiger partial charge in [0.2, 0.25) is 5.91 Å². The highest BCUT2D eigenvalue weighted by molar-refractivity contribution is 9.10. The molecule has 0 saturated heterocycles. The van der Waals surface area contributed by atoms with Crippen molar-refractivity contribution in [1.82, 2.24) is 14.8 Å². The summed E-state index contributed by atoms with van der Waals surface area (Å²) in [7, 11) is 1.81. The molecule has 27 heavy (non-hydrogen) atoms. The Labute approximate surface area is 167 Å². The number of carbonyl (C=O) groups is 1. The minimum Gasteiger partial charge on any atom is -0.322 e. The Morgan fingerprint density at radius 1 is 1.22 bits per heavy atom. The van der Waals surface area contributed by atoms with Crippen LogP contribution in [0.4, 0.5) is 14.5 Å². The average Bonchev–Trinajstić information content (AvgIpc) is 2.98. The van der Waals surface area contributed by atoms with Crippen LogP contribution in [0.2, 0.25) is 0 Å². The molecule has 0 unspecified atom stereocenters. The number of hydrogen-bond acceptors (Lipinski definition) is 4. The highest BCUT2D eigenvalue weighted by Gasteiger charge is 2.16. The summed E-state index contributed by atoms with van der Waals surface area (Å²) in [6.45, 7) is 2.00. The summed E-state index contributed by atoms with van der Waals surface area (Å²) in [5.41, 5.74) is 1.97. The van der Waals surface area contributed by atoms with Crippen molar-refractivity contribution in [2.24, 2.45) is 7.05 Å². The maximum atomic E-state index is 13.8. The van der Waals surface area contributed by atoms with Crippen molar-refractivity contribution >= 4 is 39.3 Å². The number of benzene rings is 2. The van der Waals surface area contributed by atoms with Crippen molar-refractivity contribution in [3.05, 3.63) is 58.1 Å². The highest BCUT2D eigenvalue weighted by Crippen LogP contribution is 2.28. The normalized spacial score (nSPS) is 10.9. The van der Waals surface area contributed by atoms with Gasteiger partial charge in [0.1, 0.15) is 5.82 Å². The SMILES string of the molecule is Cc1ccc(-c2nnc(SCC(=O)Nc3c(F)cc(F)cc3Br)n2C)cc1. The van der Waals surface area contributed by atoms with Gasteiger partial charge >= 0.3 is 0 Å². The van der Waals surface area contributed by atoms with E-state index in [1.807, 2.05) is 38.2 Å². The lowest BCUT2D eigenvalue weighted by Gasteiger charge is -2.09. The lowest BCUT2D eigenvalue weighted by molar-refractivity contribution is -0.113. The molecule has 1 N–H and O–H groups in total. The van der Waals surface area contributed by atoms with Crippen molar-refractivity contribution < 1.29 is 13.6 Å². The number of aromatic nitrogens is 3. The van der Waals surface area contributed by atoms with Crippen LogP contribution < -0.4 is 5.32 Å². The van der Waals surface area contributed by atoms with Crippen LogP contribution in [0.25, 0.3) is 11.4 Å². The van der Waals surface area contributed by atoms with Crippen LogP contribution in [0.15, 0.2) is 46.0 Å². The summed E-state index contributed by atoms with van der Waals surface area (Å²) in [6, 6.07) is 9.68. The van der Waals surface area contributed by atoms with Crippen LogP contribution in [-0.2, 0) is 11.8 Å². The Morgan fingerprint density at radius 2 is 1.93 bits per heavy atom. The smallest absolute Gasteiger partial charge is 0.234 e. The average molecular weight is 453 g/mol. The Balaban J connectivity index is 1.67. The molecule has 0 spiro atoms. The molecule has 1 amide bonds. The Morgan fingerprint density at radius 3 is 2.59 bits per heavy atom. The topological polar surface area (TPSA) is 59.8 Å². The first-order valence-electron chi connectivity index (χ1n) is 7.89. The number of aryl methyl sites for hydroxylation is 1. The van der Waals surface area contributed by atoms with Gasteiger partial charge < -0.3 is 9.88 Å². The van der Waals surface area contributed by atoms with Crippen molar-refractivity contribution in [3.8, 4) is 11.4 Å². The van der Waals surface area contributed by atoms with Gasteiger partial charge in [0.25, 0.3) is 0 Å².